The molecule has 2 atom stereocenters. The van der Waals surface area contributed by atoms with Crippen LogP contribution in [0.2, 0.25) is 0 Å². The van der Waals surface area contributed by atoms with Crippen molar-refractivity contribution in [3.63, 3.8) is 0 Å². The number of thioether (sulfide) groups is 1. The van der Waals surface area contributed by atoms with Gasteiger partial charge in [-0.2, -0.15) is 11.8 Å². The van der Waals surface area contributed by atoms with E-state index in [2.05, 4.69) is 16.5 Å². The SMILES string of the molecule is CSC1CNCC1N1CCC(C(N)=O)CC1. The number of rotatable bonds is 3. The summed E-state index contributed by atoms with van der Waals surface area (Å²) in [5, 5.41) is 4.15. The lowest BCUT2D eigenvalue weighted by atomic mass is 9.95. The first-order valence-corrected chi connectivity index (χ1v) is 7.28. The van der Waals surface area contributed by atoms with Crippen molar-refractivity contribution in [1.82, 2.24) is 10.2 Å². The molecule has 0 aromatic carbocycles. The molecule has 0 saturated carbocycles. The second-order valence-electron chi connectivity index (χ2n) is 4.71. The second kappa shape index (κ2) is 5.38. The fourth-order valence-electron chi connectivity index (χ4n) is 2.76. The standard InChI is InChI=1S/C11H21N3OS/c1-16-10-7-13-6-9(10)14-4-2-8(3-5-14)11(12)15/h8-10,13H,2-7H2,1H3,(H2,12,15). The summed E-state index contributed by atoms with van der Waals surface area (Å²) in [5.74, 6) is -0.0102. The third-order valence-electron chi connectivity index (χ3n) is 3.83. The molecule has 4 nitrogen and oxygen atoms in total. The smallest absolute Gasteiger partial charge is 0.220 e. The van der Waals surface area contributed by atoms with Gasteiger partial charge in [-0.1, -0.05) is 0 Å². The second-order valence-corrected chi connectivity index (χ2v) is 5.79. The van der Waals surface area contributed by atoms with Gasteiger partial charge in [0.1, 0.15) is 0 Å². The van der Waals surface area contributed by atoms with Crippen LogP contribution in [0.5, 0.6) is 0 Å². The van der Waals surface area contributed by atoms with Gasteiger partial charge in [-0.05, 0) is 32.2 Å². The van der Waals surface area contributed by atoms with Gasteiger partial charge in [0.25, 0.3) is 0 Å². The van der Waals surface area contributed by atoms with Gasteiger partial charge in [0, 0.05) is 30.3 Å². The van der Waals surface area contributed by atoms with Crippen molar-refractivity contribution >= 4 is 17.7 Å². The van der Waals surface area contributed by atoms with Crippen molar-refractivity contribution in [1.29, 1.82) is 0 Å². The first kappa shape index (κ1) is 12.2. The molecule has 1 amide bonds. The summed E-state index contributed by atoms with van der Waals surface area (Å²) in [6.07, 6.45) is 4.06. The highest BCUT2D eigenvalue weighted by atomic mass is 32.2. The molecule has 0 aliphatic carbocycles. The van der Waals surface area contributed by atoms with E-state index in [9.17, 15) is 4.79 Å². The molecule has 0 aromatic heterocycles. The number of carbonyl (C=O) groups is 1. The average molecular weight is 243 g/mol. The van der Waals surface area contributed by atoms with Crippen LogP contribution in [0.25, 0.3) is 0 Å². The fraction of sp³-hybridized carbons (Fsp3) is 0.909. The lowest BCUT2D eigenvalue weighted by Crippen LogP contribution is -2.47. The molecular formula is C11H21N3OS. The van der Waals surface area contributed by atoms with Gasteiger partial charge >= 0.3 is 0 Å². The summed E-state index contributed by atoms with van der Waals surface area (Å²) in [6.45, 7) is 4.25. The molecule has 5 heteroatoms. The topological polar surface area (TPSA) is 58.4 Å². The Kier molecular flexibility index (Phi) is 4.10. The third-order valence-corrected chi connectivity index (χ3v) is 4.92. The highest BCUT2D eigenvalue weighted by Gasteiger charge is 2.34. The van der Waals surface area contributed by atoms with Crippen LogP contribution >= 0.6 is 11.8 Å². The van der Waals surface area contributed by atoms with Crippen molar-refractivity contribution in [2.24, 2.45) is 11.7 Å². The minimum Gasteiger partial charge on any atom is -0.369 e. The van der Waals surface area contributed by atoms with Gasteiger partial charge in [-0.3, -0.25) is 9.69 Å². The number of amides is 1. The molecule has 2 saturated heterocycles. The van der Waals surface area contributed by atoms with E-state index in [4.69, 9.17) is 5.73 Å². The molecular weight excluding hydrogens is 222 g/mol. The van der Waals surface area contributed by atoms with E-state index in [1.807, 2.05) is 11.8 Å². The Hall–Kier alpha value is -0.260. The molecule has 2 heterocycles. The Morgan fingerprint density at radius 2 is 2.06 bits per heavy atom. The predicted octanol–water partition coefficient (Wildman–Crippen LogP) is -0.113. The van der Waals surface area contributed by atoms with E-state index in [0.29, 0.717) is 11.3 Å². The van der Waals surface area contributed by atoms with Crippen molar-refractivity contribution in [2.75, 3.05) is 32.4 Å². The molecule has 2 unspecified atom stereocenters. The Labute approximate surface area is 101 Å². The number of nitrogens with two attached hydrogens (primary N) is 1. The van der Waals surface area contributed by atoms with E-state index >= 15 is 0 Å². The van der Waals surface area contributed by atoms with Crippen LogP contribution in [0.4, 0.5) is 0 Å². The number of likely N-dealkylation sites (tertiary alicyclic amines) is 1. The van der Waals surface area contributed by atoms with Gasteiger partial charge in [-0.25, -0.2) is 0 Å². The molecule has 0 bridgehead atoms. The van der Waals surface area contributed by atoms with Gasteiger partial charge in [-0.15, -0.1) is 0 Å². The fourth-order valence-corrected chi connectivity index (χ4v) is 3.63. The number of nitrogens with zero attached hydrogens (tertiary/aromatic N) is 1. The molecule has 0 radical (unpaired) electrons. The van der Waals surface area contributed by atoms with Gasteiger partial charge in [0.15, 0.2) is 0 Å². The zero-order chi connectivity index (χ0) is 11.5. The molecule has 2 rings (SSSR count). The molecule has 3 N–H and O–H groups in total. The molecule has 16 heavy (non-hydrogen) atoms. The quantitative estimate of drug-likeness (QED) is 0.726. The molecule has 0 spiro atoms. The van der Waals surface area contributed by atoms with Crippen molar-refractivity contribution in [3.8, 4) is 0 Å². The minimum atomic E-state index is -0.120. The van der Waals surface area contributed by atoms with E-state index in [1.54, 1.807) is 0 Å². The Bertz CT molecular complexity index is 254. The Morgan fingerprint density at radius 1 is 1.38 bits per heavy atom. The summed E-state index contributed by atoms with van der Waals surface area (Å²) in [5.41, 5.74) is 5.35. The van der Waals surface area contributed by atoms with Crippen molar-refractivity contribution in [3.05, 3.63) is 0 Å². The third kappa shape index (κ3) is 2.52. The van der Waals surface area contributed by atoms with E-state index in [-0.39, 0.29) is 11.8 Å². The molecule has 92 valence electrons. The summed E-state index contributed by atoms with van der Waals surface area (Å²) >= 11 is 1.95. The lowest BCUT2D eigenvalue weighted by molar-refractivity contribution is -0.123. The monoisotopic (exact) mass is 243 g/mol. The van der Waals surface area contributed by atoms with Crippen molar-refractivity contribution in [2.45, 2.75) is 24.1 Å². The first-order valence-electron chi connectivity index (χ1n) is 5.99. The maximum absolute atomic E-state index is 11.1. The summed E-state index contributed by atoms with van der Waals surface area (Å²) in [7, 11) is 0. The zero-order valence-corrected chi connectivity index (χ0v) is 10.6. The van der Waals surface area contributed by atoms with Gasteiger partial charge < -0.3 is 11.1 Å². The maximum Gasteiger partial charge on any atom is 0.220 e. The minimum absolute atomic E-state index is 0.110. The highest BCUT2D eigenvalue weighted by molar-refractivity contribution is 7.99. The number of nitrogens with one attached hydrogen (secondary N) is 1. The number of hydrogen-bond donors (Lipinski definition) is 2. The van der Waals surface area contributed by atoms with Crippen LogP contribution in [0, 0.1) is 5.92 Å². The van der Waals surface area contributed by atoms with E-state index in [0.717, 1.165) is 39.0 Å². The van der Waals surface area contributed by atoms with Crippen LogP contribution in [0.3, 0.4) is 0 Å². The zero-order valence-electron chi connectivity index (χ0n) is 9.82. The van der Waals surface area contributed by atoms with E-state index < -0.39 is 0 Å². The van der Waals surface area contributed by atoms with Crippen LogP contribution in [-0.4, -0.2) is 54.5 Å². The van der Waals surface area contributed by atoms with Crippen LogP contribution in [0.15, 0.2) is 0 Å². The molecule has 2 aliphatic heterocycles. The van der Waals surface area contributed by atoms with E-state index in [1.165, 1.54) is 0 Å². The highest BCUT2D eigenvalue weighted by Crippen LogP contribution is 2.25. The average Bonchev–Trinajstić information content (AvgIpc) is 2.77. The number of primary amides is 1. The number of carbonyl (C=O) groups excluding carboxylic acids is 1. The molecule has 2 aliphatic rings. The largest absolute Gasteiger partial charge is 0.369 e. The maximum atomic E-state index is 11.1. The Morgan fingerprint density at radius 3 is 2.62 bits per heavy atom. The van der Waals surface area contributed by atoms with Gasteiger partial charge in [0.05, 0.1) is 0 Å². The van der Waals surface area contributed by atoms with Crippen LogP contribution < -0.4 is 11.1 Å². The Balaban J connectivity index is 1.86. The van der Waals surface area contributed by atoms with Gasteiger partial charge in [0.2, 0.25) is 5.91 Å². The van der Waals surface area contributed by atoms with Crippen LogP contribution in [0.1, 0.15) is 12.8 Å². The van der Waals surface area contributed by atoms with Crippen molar-refractivity contribution < 1.29 is 4.79 Å². The lowest BCUT2D eigenvalue weighted by Gasteiger charge is -2.36. The predicted molar refractivity (Wildman–Crippen MR) is 67.5 cm³/mol. The number of piperidine rings is 1. The summed E-state index contributed by atoms with van der Waals surface area (Å²) in [6, 6.07) is 0.642. The molecule has 0 aromatic rings. The first-order chi connectivity index (χ1) is 7.72. The normalized spacial score (nSPS) is 33.1. The summed E-state index contributed by atoms with van der Waals surface area (Å²) < 4.78 is 0. The van der Waals surface area contributed by atoms with Crippen LogP contribution in [-0.2, 0) is 4.79 Å². The summed E-state index contributed by atoms with van der Waals surface area (Å²) in [4.78, 5) is 13.6. The number of hydrogen-bond acceptors (Lipinski definition) is 4. The molecule has 2 fully saturated rings.